The van der Waals surface area contributed by atoms with Crippen molar-refractivity contribution in [3.8, 4) is 0 Å². The molecule has 1 aromatic carbocycles. The monoisotopic (exact) mass is 365 g/mol. The molecule has 1 aromatic heterocycles. The first-order valence-electron chi connectivity index (χ1n) is 7.91. The lowest BCUT2D eigenvalue weighted by Crippen LogP contribution is -3.11. The molecule has 0 spiro atoms. The minimum Gasteiger partial charge on any atom is -0.321 e. The van der Waals surface area contributed by atoms with Crippen molar-refractivity contribution in [2.75, 3.05) is 24.7 Å². The molecule has 0 saturated carbocycles. The van der Waals surface area contributed by atoms with Gasteiger partial charge in [0.2, 0.25) is 0 Å². The molecule has 24 heavy (non-hydrogen) atoms. The first-order chi connectivity index (χ1) is 11.4. The van der Waals surface area contributed by atoms with Gasteiger partial charge in [-0.25, -0.2) is 8.42 Å². The van der Waals surface area contributed by atoms with E-state index in [9.17, 15) is 13.2 Å². The summed E-state index contributed by atoms with van der Waals surface area (Å²) >= 11 is 1.74. The Hall–Kier alpha value is -1.70. The summed E-state index contributed by atoms with van der Waals surface area (Å²) in [6, 6.07) is 11.0. The molecular weight excluding hydrogens is 344 g/mol. The number of carbonyl (C=O) groups is 1. The fourth-order valence-electron chi connectivity index (χ4n) is 3.17. The van der Waals surface area contributed by atoms with Crippen LogP contribution in [-0.2, 0) is 14.6 Å². The first-order valence-corrected chi connectivity index (χ1v) is 10.7. The maximum Gasteiger partial charge on any atom is 0.279 e. The van der Waals surface area contributed by atoms with Crippen LogP contribution in [0, 0.1) is 0 Å². The predicted molar refractivity (Wildman–Crippen MR) is 95.2 cm³/mol. The molecule has 1 unspecified atom stereocenters. The second-order valence-electron chi connectivity index (χ2n) is 6.14. The Bertz CT molecular complexity index is 816. The number of anilines is 1. The summed E-state index contributed by atoms with van der Waals surface area (Å²) in [7, 11) is -3.28. The van der Waals surface area contributed by atoms with Gasteiger partial charge in [0.25, 0.3) is 5.91 Å². The minimum atomic E-state index is -3.28. The molecule has 1 aliphatic rings. The Morgan fingerprint density at radius 1 is 1.33 bits per heavy atom. The summed E-state index contributed by atoms with van der Waals surface area (Å²) in [6.45, 7) is 1.38. The van der Waals surface area contributed by atoms with E-state index in [4.69, 9.17) is 0 Å². The van der Waals surface area contributed by atoms with E-state index >= 15 is 0 Å². The van der Waals surface area contributed by atoms with Crippen molar-refractivity contribution < 1.29 is 18.1 Å². The number of rotatable bonds is 5. The second-order valence-corrected chi connectivity index (χ2v) is 9.14. The van der Waals surface area contributed by atoms with E-state index < -0.39 is 9.84 Å². The Balaban J connectivity index is 1.66. The molecule has 1 amide bonds. The Labute approximate surface area is 146 Å². The van der Waals surface area contributed by atoms with Crippen LogP contribution in [0.15, 0.2) is 46.7 Å². The molecule has 0 aliphatic carbocycles. The summed E-state index contributed by atoms with van der Waals surface area (Å²) in [5, 5.41) is 4.90. The number of benzene rings is 1. The van der Waals surface area contributed by atoms with E-state index in [1.54, 1.807) is 23.5 Å². The largest absolute Gasteiger partial charge is 0.321 e. The van der Waals surface area contributed by atoms with Gasteiger partial charge in [0.1, 0.15) is 6.04 Å². The second kappa shape index (κ2) is 7.04. The van der Waals surface area contributed by atoms with Gasteiger partial charge in [-0.3, -0.25) is 4.79 Å². The lowest BCUT2D eigenvalue weighted by Gasteiger charge is -2.20. The maximum atomic E-state index is 12.4. The highest BCUT2D eigenvalue weighted by atomic mass is 32.2. The standard InChI is InChI=1S/C17H20N2O3S2/c1-24(21,22)14-6-2-5-13(11-14)18-17(20)12-19-9-3-7-15(19)16-8-4-10-23-16/h2,4-6,8,10-11,15H,3,7,9,12H2,1H3,(H,18,20)/p+1/t15-/m1/s1. The smallest absolute Gasteiger partial charge is 0.279 e. The molecule has 1 aliphatic heterocycles. The number of hydrogen-bond donors (Lipinski definition) is 2. The first kappa shape index (κ1) is 17.1. The summed E-state index contributed by atoms with van der Waals surface area (Å²) in [6.07, 6.45) is 3.38. The van der Waals surface area contributed by atoms with Crippen molar-refractivity contribution in [1.82, 2.24) is 0 Å². The Morgan fingerprint density at radius 2 is 2.17 bits per heavy atom. The van der Waals surface area contributed by atoms with Crippen molar-refractivity contribution in [1.29, 1.82) is 0 Å². The maximum absolute atomic E-state index is 12.4. The van der Waals surface area contributed by atoms with E-state index in [2.05, 4.69) is 16.8 Å². The van der Waals surface area contributed by atoms with Crippen LogP contribution in [0.1, 0.15) is 23.8 Å². The number of quaternary nitrogens is 1. The van der Waals surface area contributed by atoms with Gasteiger partial charge >= 0.3 is 0 Å². The van der Waals surface area contributed by atoms with Crippen LogP contribution in [0.5, 0.6) is 0 Å². The topological polar surface area (TPSA) is 67.7 Å². The van der Waals surface area contributed by atoms with Crippen molar-refractivity contribution in [2.45, 2.75) is 23.8 Å². The van der Waals surface area contributed by atoms with Gasteiger partial charge in [-0.05, 0) is 29.6 Å². The SMILES string of the molecule is CS(=O)(=O)c1cccc(NC(=O)C[NH+]2CCC[C@@H]2c2cccs2)c1. The third-order valence-electron chi connectivity index (χ3n) is 4.30. The van der Waals surface area contributed by atoms with E-state index in [1.807, 2.05) is 6.07 Å². The Morgan fingerprint density at radius 3 is 2.88 bits per heavy atom. The summed E-state index contributed by atoms with van der Waals surface area (Å²) in [5.41, 5.74) is 0.522. The average molecular weight is 366 g/mol. The quantitative estimate of drug-likeness (QED) is 0.844. The van der Waals surface area contributed by atoms with E-state index in [1.165, 1.54) is 21.9 Å². The summed E-state index contributed by atoms with van der Waals surface area (Å²) in [4.78, 5) is 15.2. The van der Waals surface area contributed by atoms with Crippen LogP contribution in [0.4, 0.5) is 5.69 Å². The lowest BCUT2D eigenvalue weighted by molar-refractivity contribution is -0.910. The molecule has 5 nitrogen and oxygen atoms in total. The van der Waals surface area contributed by atoms with Crippen molar-refractivity contribution in [2.24, 2.45) is 0 Å². The van der Waals surface area contributed by atoms with Crippen molar-refractivity contribution >= 4 is 32.8 Å². The third kappa shape index (κ3) is 4.03. The zero-order chi connectivity index (χ0) is 17.2. The van der Waals surface area contributed by atoms with Crippen LogP contribution in [0.3, 0.4) is 0 Å². The molecule has 2 heterocycles. The fourth-order valence-corrected chi connectivity index (χ4v) is 4.76. The third-order valence-corrected chi connectivity index (χ3v) is 6.40. The number of nitrogens with one attached hydrogen (secondary N) is 2. The fraction of sp³-hybridized carbons (Fsp3) is 0.353. The van der Waals surface area contributed by atoms with Gasteiger partial charge in [0.15, 0.2) is 16.4 Å². The molecule has 3 rings (SSSR count). The molecule has 2 atom stereocenters. The molecule has 2 aromatic rings. The molecule has 128 valence electrons. The van der Waals surface area contributed by atoms with E-state index in [0.717, 1.165) is 25.6 Å². The molecule has 2 N–H and O–H groups in total. The van der Waals surface area contributed by atoms with Crippen LogP contribution in [-0.4, -0.2) is 33.7 Å². The number of sulfone groups is 1. The number of hydrogen-bond acceptors (Lipinski definition) is 4. The van der Waals surface area contributed by atoms with Gasteiger partial charge < -0.3 is 10.2 Å². The van der Waals surface area contributed by atoms with Crippen molar-refractivity contribution in [3.63, 3.8) is 0 Å². The number of likely N-dealkylation sites (tertiary alicyclic amines) is 1. The average Bonchev–Trinajstić information content (AvgIpc) is 3.17. The summed E-state index contributed by atoms with van der Waals surface area (Å²) < 4.78 is 23.2. The van der Waals surface area contributed by atoms with Gasteiger partial charge in [-0.1, -0.05) is 12.1 Å². The highest BCUT2D eigenvalue weighted by molar-refractivity contribution is 7.90. The molecule has 1 fully saturated rings. The predicted octanol–water partition coefficient (Wildman–Crippen LogP) is 1.51. The Kier molecular flexibility index (Phi) is 5.03. The number of amides is 1. The molecule has 1 saturated heterocycles. The van der Waals surface area contributed by atoms with Crippen LogP contribution < -0.4 is 10.2 Å². The highest BCUT2D eigenvalue weighted by Crippen LogP contribution is 2.23. The van der Waals surface area contributed by atoms with Crippen molar-refractivity contribution in [3.05, 3.63) is 46.7 Å². The van der Waals surface area contributed by atoms with Gasteiger partial charge in [0.05, 0.1) is 16.3 Å². The minimum absolute atomic E-state index is 0.0842. The van der Waals surface area contributed by atoms with Crippen LogP contribution in [0.25, 0.3) is 0 Å². The van der Waals surface area contributed by atoms with Gasteiger partial charge in [0, 0.05) is 24.8 Å². The molecule has 0 radical (unpaired) electrons. The molecule has 7 heteroatoms. The van der Waals surface area contributed by atoms with E-state index in [-0.39, 0.29) is 10.8 Å². The normalized spacial score (nSPS) is 20.9. The zero-order valence-electron chi connectivity index (χ0n) is 13.5. The van der Waals surface area contributed by atoms with Crippen LogP contribution >= 0.6 is 11.3 Å². The molecular formula is C17H21N2O3S2+. The van der Waals surface area contributed by atoms with Gasteiger partial charge in [-0.15, -0.1) is 11.3 Å². The van der Waals surface area contributed by atoms with E-state index in [0.29, 0.717) is 18.3 Å². The van der Waals surface area contributed by atoms with Crippen LogP contribution in [0.2, 0.25) is 0 Å². The number of thiophene rings is 1. The zero-order valence-corrected chi connectivity index (χ0v) is 15.1. The lowest BCUT2D eigenvalue weighted by atomic mass is 10.2. The molecule has 0 bridgehead atoms. The summed E-state index contributed by atoms with van der Waals surface area (Å²) in [5.74, 6) is -0.0842. The number of carbonyl (C=O) groups excluding carboxylic acids is 1. The highest BCUT2D eigenvalue weighted by Gasteiger charge is 2.32. The van der Waals surface area contributed by atoms with Gasteiger partial charge in [-0.2, -0.15) is 0 Å².